The van der Waals surface area contributed by atoms with Crippen molar-refractivity contribution in [2.45, 2.75) is 24.4 Å². The molecule has 1 aliphatic carbocycles. The molecule has 0 unspecified atom stereocenters. The number of hydrogen-bond donors (Lipinski definition) is 2. The Kier molecular flexibility index (Phi) is 2.44. The fourth-order valence-corrected chi connectivity index (χ4v) is 2.25. The van der Waals surface area contributed by atoms with Crippen LogP contribution < -0.4 is 0 Å². The van der Waals surface area contributed by atoms with Gasteiger partial charge in [0.1, 0.15) is 0 Å². The zero-order valence-electron chi connectivity index (χ0n) is 7.98. The molecule has 0 spiro atoms. The van der Waals surface area contributed by atoms with E-state index in [1.54, 1.807) is 24.3 Å². The Hall–Kier alpha value is -1.06. The molecule has 15 heavy (non-hydrogen) atoms. The second-order valence-corrected chi connectivity index (χ2v) is 4.40. The molecule has 80 valence electrons. The number of rotatable bonds is 2. The predicted octanol–water partition coefficient (Wildman–Crippen LogP) is 1.82. The van der Waals surface area contributed by atoms with Crippen LogP contribution in [0.1, 0.15) is 18.4 Å². The fourth-order valence-electron chi connectivity index (χ4n) is 2.06. The molecule has 1 aliphatic rings. The lowest BCUT2D eigenvalue weighted by Gasteiger charge is -2.42. The minimum atomic E-state index is -0.940. The SMILES string of the molecule is O=C(O)[C@]1(c2cccc(Cl)c2)C[C@H](O)C1. The second-order valence-electron chi connectivity index (χ2n) is 3.96. The van der Waals surface area contributed by atoms with Crippen LogP contribution in [0.25, 0.3) is 0 Å². The van der Waals surface area contributed by atoms with E-state index in [1.807, 2.05) is 0 Å². The van der Waals surface area contributed by atoms with Crippen molar-refractivity contribution in [3.05, 3.63) is 34.9 Å². The zero-order valence-corrected chi connectivity index (χ0v) is 8.74. The molecule has 1 fully saturated rings. The first-order valence-electron chi connectivity index (χ1n) is 4.72. The lowest BCUT2D eigenvalue weighted by molar-refractivity contribution is -0.152. The lowest BCUT2D eigenvalue weighted by atomic mass is 9.63. The average molecular weight is 227 g/mol. The Morgan fingerprint density at radius 3 is 2.60 bits per heavy atom. The number of aliphatic carboxylic acids is 1. The topological polar surface area (TPSA) is 57.5 Å². The van der Waals surface area contributed by atoms with Gasteiger partial charge in [-0.05, 0) is 30.5 Å². The Morgan fingerprint density at radius 1 is 1.47 bits per heavy atom. The molecule has 1 saturated carbocycles. The smallest absolute Gasteiger partial charge is 0.314 e. The number of benzene rings is 1. The standard InChI is InChI=1S/C11H11ClO3/c12-8-3-1-2-7(4-8)11(10(14)15)5-9(13)6-11/h1-4,9,13H,5-6H2,(H,14,15)/t9-,11+. The molecule has 0 atom stereocenters. The molecule has 1 aromatic carbocycles. The van der Waals surface area contributed by atoms with Crippen molar-refractivity contribution in [3.8, 4) is 0 Å². The van der Waals surface area contributed by atoms with Crippen LogP contribution in [0.5, 0.6) is 0 Å². The van der Waals surface area contributed by atoms with E-state index >= 15 is 0 Å². The highest BCUT2D eigenvalue weighted by Crippen LogP contribution is 2.44. The molecule has 1 aromatic rings. The van der Waals surface area contributed by atoms with Crippen molar-refractivity contribution in [1.82, 2.24) is 0 Å². The van der Waals surface area contributed by atoms with Crippen LogP contribution in [0.2, 0.25) is 5.02 Å². The third-order valence-electron chi connectivity index (χ3n) is 2.95. The Balaban J connectivity index is 2.39. The number of aliphatic hydroxyl groups excluding tert-OH is 1. The highest BCUT2D eigenvalue weighted by atomic mass is 35.5. The molecule has 0 amide bonds. The molecule has 0 aromatic heterocycles. The van der Waals surface area contributed by atoms with Crippen LogP contribution in [-0.4, -0.2) is 22.3 Å². The number of aliphatic hydroxyl groups is 1. The van der Waals surface area contributed by atoms with Crippen molar-refractivity contribution in [2.24, 2.45) is 0 Å². The van der Waals surface area contributed by atoms with Gasteiger partial charge in [-0.3, -0.25) is 4.79 Å². The van der Waals surface area contributed by atoms with Crippen LogP contribution in [0.15, 0.2) is 24.3 Å². The van der Waals surface area contributed by atoms with E-state index in [2.05, 4.69) is 0 Å². The van der Waals surface area contributed by atoms with Gasteiger partial charge in [-0.2, -0.15) is 0 Å². The van der Waals surface area contributed by atoms with Gasteiger partial charge in [0.15, 0.2) is 0 Å². The minimum Gasteiger partial charge on any atom is -0.481 e. The summed E-state index contributed by atoms with van der Waals surface area (Å²) in [6.07, 6.45) is 0.0193. The van der Waals surface area contributed by atoms with Crippen molar-refractivity contribution >= 4 is 17.6 Å². The molecule has 2 rings (SSSR count). The summed E-state index contributed by atoms with van der Waals surface area (Å²) in [6.45, 7) is 0. The molecule has 0 aliphatic heterocycles. The van der Waals surface area contributed by atoms with Crippen LogP contribution in [0.3, 0.4) is 0 Å². The maximum Gasteiger partial charge on any atom is 0.314 e. The van der Waals surface area contributed by atoms with Gasteiger partial charge in [0.2, 0.25) is 0 Å². The van der Waals surface area contributed by atoms with Crippen molar-refractivity contribution < 1.29 is 15.0 Å². The molecular weight excluding hydrogens is 216 g/mol. The monoisotopic (exact) mass is 226 g/mol. The van der Waals surface area contributed by atoms with Gasteiger partial charge in [-0.1, -0.05) is 23.7 Å². The Morgan fingerprint density at radius 2 is 2.13 bits per heavy atom. The summed E-state index contributed by atoms with van der Waals surface area (Å²) in [5.74, 6) is -0.893. The third kappa shape index (κ3) is 1.62. The van der Waals surface area contributed by atoms with Gasteiger partial charge < -0.3 is 10.2 Å². The maximum atomic E-state index is 11.2. The van der Waals surface area contributed by atoms with E-state index in [4.69, 9.17) is 11.6 Å². The Labute approximate surface area is 92.3 Å². The molecule has 3 nitrogen and oxygen atoms in total. The molecule has 0 heterocycles. The first-order chi connectivity index (χ1) is 7.04. The summed E-state index contributed by atoms with van der Waals surface area (Å²) < 4.78 is 0. The number of hydrogen-bond acceptors (Lipinski definition) is 2. The van der Waals surface area contributed by atoms with Crippen molar-refractivity contribution in [2.75, 3.05) is 0 Å². The summed E-state index contributed by atoms with van der Waals surface area (Å²) in [6, 6.07) is 6.83. The van der Waals surface area contributed by atoms with Gasteiger partial charge in [-0.15, -0.1) is 0 Å². The normalized spacial score (nSPS) is 29.6. The van der Waals surface area contributed by atoms with Crippen LogP contribution in [-0.2, 0) is 10.2 Å². The quantitative estimate of drug-likeness (QED) is 0.809. The molecule has 4 heteroatoms. The number of halogens is 1. The molecular formula is C11H11ClO3. The molecule has 0 saturated heterocycles. The van der Waals surface area contributed by atoms with Gasteiger partial charge in [0.25, 0.3) is 0 Å². The van der Waals surface area contributed by atoms with Crippen molar-refractivity contribution in [1.29, 1.82) is 0 Å². The first kappa shape index (κ1) is 10.5. The van der Waals surface area contributed by atoms with Crippen LogP contribution in [0.4, 0.5) is 0 Å². The molecule has 0 radical (unpaired) electrons. The van der Waals surface area contributed by atoms with Crippen LogP contribution >= 0.6 is 11.6 Å². The van der Waals surface area contributed by atoms with Gasteiger partial charge >= 0.3 is 5.97 Å². The van der Waals surface area contributed by atoms with E-state index in [0.717, 1.165) is 0 Å². The largest absolute Gasteiger partial charge is 0.481 e. The van der Waals surface area contributed by atoms with E-state index in [-0.39, 0.29) is 12.8 Å². The number of carboxylic acids is 1. The van der Waals surface area contributed by atoms with E-state index < -0.39 is 17.5 Å². The molecule has 0 bridgehead atoms. The van der Waals surface area contributed by atoms with Crippen LogP contribution in [0, 0.1) is 0 Å². The summed E-state index contributed by atoms with van der Waals surface area (Å²) in [5, 5.41) is 19.0. The van der Waals surface area contributed by atoms with Gasteiger partial charge in [0.05, 0.1) is 11.5 Å². The minimum absolute atomic E-state index is 0.267. The first-order valence-corrected chi connectivity index (χ1v) is 5.10. The second kappa shape index (κ2) is 3.51. The Bertz CT molecular complexity index is 397. The van der Waals surface area contributed by atoms with E-state index in [0.29, 0.717) is 10.6 Å². The lowest BCUT2D eigenvalue weighted by Crippen LogP contribution is -2.50. The zero-order chi connectivity index (χ0) is 11.1. The summed E-state index contributed by atoms with van der Waals surface area (Å²) >= 11 is 5.82. The van der Waals surface area contributed by atoms with Gasteiger partial charge in [0, 0.05) is 5.02 Å². The van der Waals surface area contributed by atoms with Gasteiger partial charge in [-0.25, -0.2) is 0 Å². The summed E-state index contributed by atoms with van der Waals surface area (Å²) in [7, 11) is 0. The molecule has 2 N–H and O–H groups in total. The number of carboxylic acid groups (broad SMARTS) is 1. The highest BCUT2D eigenvalue weighted by Gasteiger charge is 2.51. The van der Waals surface area contributed by atoms with E-state index in [1.165, 1.54) is 0 Å². The highest BCUT2D eigenvalue weighted by molar-refractivity contribution is 6.30. The number of carbonyl (C=O) groups is 1. The van der Waals surface area contributed by atoms with Crippen molar-refractivity contribution in [3.63, 3.8) is 0 Å². The average Bonchev–Trinajstić information content (AvgIpc) is 2.12. The fraction of sp³-hybridized carbons (Fsp3) is 0.364. The summed E-state index contributed by atoms with van der Waals surface area (Å²) in [5.41, 5.74) is -0.266. The third-order valence-corrected chi connectivity index (χ3v) is 3.19. The predicted molar refractivity (Wildman–Crippen MR) is 56.0 cm³/mol. The summed E-state index contributed by atoms with van der Waals surface area (Å²) in [4.78, 5) is 11.2. The maximum absolute atomic E-state index is 11.2. The van der Waals surface area contributed by atoms with E-state index in [9.17, 15) is 15.0 Å².